The van der Waals surface area contributed by atoms with Gasteiger partial charge in [0.2, 0.25) is 17.7 Å². The van der Waals surface area contributed by atoms with Crippen LogP contribution in [0.5, 0.6) is 63.2 Å². The molecular weight excluding hydrogens is 1450 g/mol. The number of H-pyrrole nitrogens is 1. The Morgan fingerprint density at radius 1 is 0.509 bits per heavy atom. The monoisotopic (exact) mass is 1520 g/mol. The van der Waals surface area contributed by atoms with Crippen molar-refractivity contribution < 1.29 is 81.3 Å². The summed E-state index contributed by atoms with van der Waals surface area (Å²) in [5.41, 5.74) is 9.57. The number of benzene rings is 6. The fraction of sp³-hybridized carbons (Fsp3) is 0.256. The molecule has 0 aliphatic carbocycles. The standard InChI is InChI=1S/C27H24N4O4.C27H24N2O7.C18H16N2O5.C9H9BrO.CH4/c1-33-19-4-2-3-16(12-19)22-14-29-26(30-22)18-11-17-13-20(5-7-23(17)34-15-18)35-24-9-10-28-27-21(24)6-8-25(32)31-27;1-33-19-4-2-3-16(12-19)22(30)15-35-27(32)18-11-17-13-20(5-7-23(17)34-14-18)36-24-9-10-28-26-21(24)6-8-25(31)29-26;21-16-4-2-13-15(5-6-19-17(13)20-16)25-12-1-3-14-10(8-12)7-11(9-24-14)18(22)23;1-7-3-2-4-8(5-7)9(11)6-10;/h2-5,7,9-10,12-14,18H,6,8,11,15H2,1H3,(H,29,30)(H,28,31,32);2-5,7,9-10,12-13,18H,6,8,11,14-15H2,1H3,(H,28,29,31);1,3,5-6,8,11H,2,4,7,9H2,(H,22,23)(H,19,20,21);2-5H,6H2,1H3;1H4. The number of aliphatic carboxylic acids is 1. The van der Waals surface area contributed by atoms with E-state index in [1.165, 1.54) is 7.11 Å². The van der Waals surface area contributed by atoms with Crippen LogP contribution in [0.2, 0.25) is 0 Å². The summed E-state index contributed by atoms with van der Waals surface area (Å²) in [7, 11) is 3.18. The van der Waals surface area contributed by atoms with Gasteiger partial charge in [-0.25, -0.2) is 19.9 Å². The molecule has 0 saturated carbocycles. The van der Waals surface area contributed by atoms with E-state index in [1.807, 2.05) is 92.0 Å². The second kappa shape index (κ2) is 34.6. The molecule has 3 atom stereocenters. The zero-order valence-electron chi connectivity index (χ0n) is 58.4. The van der Waals surface area contributed by atoms with E-state index in [1.54, 1.807) is 92.4 Å². The fourth-order valence-electron chi connectivity index (χ4n) is 12.7. The third-order valence-corrected chi connectivity index (χ3v) is 18.9. The van der Waals surface area contributed by atoms with Gasteiger partial charge in [-0.3, -0.25) is 33.6 Å². The van der Waals surface area contributed by atoms with Gasteiger partial charge >= 0.3 is 11.9 Å². The second-order valence-corrected chi connectivity index (χ2v) is 26.3. The summed E-state index contributed by atoms with van der Waals surface area (Å²) < 4.78 is 51.4. The van der Waals surface area contributed by atoms with E-state index < -0.39 is 23.8 Å². The minimum absolute atomic E-state index is 0. The zero-order chi connectivity index (χ0) is 74.5. The summed E-state index contributed by atoms with van der Waals surface area (Å²) in [6.07, 6.45) is 11.2. The fourth-order valence-corrected chi connectivity index (χ4v) is 13.1. The predicted octanol–water partition coefficient (Wildman–Crippen LogP) is 14.2. The Hall–Kier alpha value is -12.5. The summed E-state index contributed by atoms with van der Waals surface area (Å²) >= 11 is 3.13. The second-order valence-electron chi connectivity index (χ2n) is 25.7. The number of pyridine rings is 3. The number of carboxylic acids is 1. The predicted molar refractivity (Wildman–Crippen MR) is 403 cm³/mol. The Morgan fingerprint density at radius 3 is 1.47 bits per heavy atom. The first-order valence-corrected chi connectivity index (χ1v) is 35.7. The number of halogens is 1. The van der Waals surface area contributed by atoms with Crippen LogP contribution in [-0.4, -0.2) is 117 Å². The number of carbonyl (C=O) groups excluding carboxylic acids is 6. The minimum atomic E-state index is -0.865. The Kier molecular flexibility index (Phi) is 24.1. The normalized spacial score (nSPS) is 15.9. The van der Waals surface area contributed by atoms with Crippen LogP contribution in [0, 0.1) is 18.8 Å². The largest absolute Gasteiger partial charge is 0.497 e. The van der Waals surface area contributed by atoms with Crippen molar-refractivity contribution >= 4 is 74.6 Å². The highest BCUT2D eigenvalue weighted by Crippen LogP contribution is 2.41. The molecule has 5 N–H and O–H groups in total. The highest BCUT2D eigenvalue weighted by molar-refractivity contribution is 9.09. The lowest BCUT2D eigenvalue weighted by atomic mass is 9.96. The highest BCUT2D eigenvalue weighted by atomic mass is 79.9. The van der Waals surface area contributed by atoms with Crippen molar-refractivity contribution in [3.8, 4) is 74.5 Å². The molecule has 0 saturated heterocycles. The van der Waals surface area contributed by atoms with Crippen LogP contribution in [0.4, 0.5) is 17.5 Å². The number of imidazole rings is 1. The highest BCUT2D eigenvalue weighted by Gasteiger charge is 2.32. The molecule has 3 amide bonds. The molecule has 0 bridgehead atoms. The molecular formula is C82H77BrN8O17. The maximum Gasteiger partial charge on any atom is 0.313 e. The van der Waals surface area contributed by atoms with Gasteiger partial charge in [-0.2, -0.15) is 0 Å². The number of alkyl halides is 1. The summed E-state index contributed by atoms with van der Waals surface area (Å²) in [5.74, 6) is 7.24. The average Bonchev–Trinajstić information content (AvgIpc) is 1.16. The van der Waals surface area contributed by atoms with Gasteiger partial charge in [-0.1, -0.05) is 71.4 Å². The molecule has 10 heterocycles. The van der Waals surface area contributed by atoms with E-state index in [0.29, 0.717) is 132 Å². The molecule has 10 aromatic rings. The zero-order valence-corrected chi connectivity index (χ0v) is 60.0. The lowest BCUT2D eigenvalue weighted by Crippen LogP contribution is -2.31. The maximum atomic E-state index is 12.7. The van der Waals surface area contributed by atoms with Gasteiger partial charge in [-0.15, -0.1) is 0 Å². The number of aromatic amines is 1. The van der Waals surface area contributed by atoms with Gasteiger partial charge in [0.1, 0.15) is 99.7 Å². The molecule has 0 spiro atoms. The Labute approximate surface area is 630 Å². The summed E-state index contributed by atoms with van der Waals surface area (Å²) in [6.45, 7) is 2.51. The number of aryl methyl sites for hydroxylation is 1. The number of amides is 3. The molecule has 0 radical (unpaired) electrons. The smallest absolute Gasteiger partial charge is 0.313 e. The van der Waals surface area contributed by atoms with E-state index in [0.717, 1.165) is 85.3 Å². The first-order chi connectivity index (χ1) is 52.0. The van der Waals surface area contributed by atoms with E-state index in [4.69, 9.17) is 47.7 Å². The molecule has 108 heavy (non-hydrogen) atoms. The van der Waals surface area contributed by atoms with Crippen LogP contribution in [0.1, 0.15) is 98.1 Å². The van der Waals surface area contributed by atoms with Gasteiger partial charge in [-0.05, 0) is 165 Å². The number of fused-ring (bicyclic) bond motifs is 6. The number of carbonyl (C=O) groups is 7. The first-order valence-electron chi connectivity index (χ1n) is 34.6. The Bertz CT molecular complexity index is 5050. The minimum Gasteiger partial charge on any atom is -0.497 e. The van der Waals surface area contributed by atoms with Crippen molar-refractivity contribution in [2.45, 2.75) is 78.1 Å². The van der Waals surface area contributed by atoms with Crippen molar-refractivity contribution in [1.82, 2.24) is 24.9 Å². The lowest BCUT2D eigenvalue weighted by molar-refractivity contribution is -0.149. The van der Waals surface area contributed by atoms with Crippen molar-refractivity contribution in [2.75, 3.05) is 61.9 Å². The van der Waals surface area contributed by atoms with Crippen LogP contribution in [0.15, 0.2) is 170 Å². The lowest BCUT2D eigenvalue weighted by Gasteiger charge is -2.25. The summed E-state index contributed by atoms with van der Waals surface area (Å²) in [5, 5.41) is 17.9. The summed E-state index contributed by atoms with van der Waals surface area (Å²) in [6, 6.07) is 44.2. The SMILES string of the molecule is C.COc1cccc(-c2cnc(C3COc4ccc(Oc5ccnc6c5CCC(=O)N6)cc4C3)[nH]2)c1.COc1cccc(C(=O)COC(=O)C2COc3ccc(Oc4ccnc5c4CCC(=O)N5)cc3C2)c1.Cc1cccc(C(=O)CBr)c1.O=C1CCc2c(Oc3ccc4c(c3)CC(C(=O)O)CO4)ccnc2N1. The van der Waals surface area contributed by atoms with E-state index in [9.17, 15) is 33.6 Å². The number of aromatic nitrogens is 5. The molecule has 6 aliphatic rings. The van der Waals surface area contributed by atoms with E-state index in [2.05, 4.69) is 56.8 Å². The molecule has 6 aromatic carbocycles. The van der Waals surface area contributed by atoms with E-state index >= 15 is 0 Å². The Balaban J connectivity index is 0.000000142. The van der Waals surface area contributed by atoms with Crippen LogP contribution < -0.4 is 53.8 Å². The Morgan fingerprint density at radius 2 is 0.972 bits per heavy atom. The average molecular weight is 1530 g/mol. The van der Waals surface area contributed by atoms with Crippen molar-refractivity contribution in [3.63, 3.8) is 0 Å². The molecule has 554 valence electrons. The van der Waals surface area contributed by atoms with Gasteiger partial charge in [0, 0.05) is 71.2 Å². The maximum absolute atomic E-state index is 12.7. The van der Waals surface area contributed by atoms with Gasteiger partial charge in [0.05, 0.1) is 55.8 Å². The third-order valence-electron chi connectivity index (χ3n) is 18.4. The van der Waals surface area contributed by atoms with Crippen LogP contribution in [-0.2, 0) is 67.2 Å². The molecule has 16 rings (SSSR count). The number of nitrogens with one attached hydrogen (secondary N) is 4. The third kappa shape index (κ3) is 18.4. The van der Waals surface area contributed by atoms with Crippen LogP contribution >= 0.6 is 15.9 Å². The van der Waals surface area contributed by atoms with Crippen molar-refractivity contribution in [2.24, 2.45) is 11.8 Å². The van der Waals surface area contributed by atoms with Crippen LogP contribution in [0.3, 0.4) is 0 Å². The first kappa shape index (κ1) is 75.2. The van der Waals surface area contributed by atoms with E-state index in [-0.39, 0.29) is 62.5 Å². The molecule has 0 fully saturated rings. The van der Waals surface area contributed by atoms with Gasteiger partial charge < -0.3 is 68.7 Å². The quantitative estimate of drug-likeness (QED) is 0.0321. The number of methoxy groups -OCH3 is 2. The molecule has 3 unspecified atom stereocenters. The number of nitrogens with zero attached hydrogens (tertiary/aromatic N) is 4. The molecule has 4 aromatic heterocycles. The number of Topliss-reactive ketones (excluding diaryl/α,β-unsaturated/α-hetero) is 2. The topological polar surface area (TPSA) is 326 Å². The number of ether oxygens (including phenoxy) is 9. The number of rotatable bonds is 17. The van der Waals surface area contributed by atoms with Crippen LogP contribution in [0.25, 0.3) is 11.3 Å². The molecule has 6 aliphatic heterocycles. The number of esters is 1. The van der Waals surface area contributed by atoms with Crippen molar-refractivity contribution in [1.29, 1.82) is 0 Å². The molecule has 26 heteroatoms. The number of anilines is 3. The molecule has 25 nitrogen and oxygen atoms in total. The van der Waals surface area contributed by atoms with Crippen molar-refractivity contribution in [3.05, 3.63) is 226 Å². The number of carboxylic acid groups (broad SMARTS) is 1. The van der Waals surface area contributed by atoms with Gasteiger partial charge in [0.25, 0.3) is 0 Å². The van der Waals surface area contributed by atoms with Gasteiger partial charge in [0.15, 0.2) is 18.2 Å². The number of ketones is 2. The number of hydrogen-bond acceptors (Lipinski definition) is 20. The number of hydrogen-bond donors (Lipinski definition) is 5. The summed E-state index contributed by atoms with van der Waals surface area (Å²) in [4.78, 5) is 103.